The molecule has 104 valence electrons. The van der Waals surface area contributed by atoms with E-state index < -0.39 is 0 Å². The maximum absolute atomic E-state index is 10.5. The van der Waals surface area contributed by atoms with Gasteiger partial charge in [-0.2, -0.15) is 9.98 Å². The summed E-state index contributed by atoms with van der Waals surface area (Å²) in [5.74, 6) is 0. The van der Waals surface area contributed by atoms with Gasteiger partial charge in [-0.3, -0.25) is 0 Å². The molecule has 21 heavy (non-hydrogen) atoms. The van der Waals surface area contributed by atoms with Crippen LogP contribution in [0.25, 0.3) is 0 Å². The molecule has 0 atom stereocenters. The molecular weight excluding hydrogens is 288 g/mol. The van der Waals surface area contributed by atoms with E-state index in [0.717, 1.165) is 16.7 Å². The van der Waals surface area contributed by atoms with E-state index in [-0.39, 0.29) is 0 Å². The maximum Gasteiger partial charge on any atom is 0.240 e. The van der Waals surface area contributed by atoms with Gasteiger partial charge in [0.05, 0.1) is 11.4 Å². The van der Waals surface area contributed by atoms with Crippen LogP contribution < -0.4 is 0 Å². The zero-order valence-corrected chi connectivity index (χ0v) is 12.0. The van der Waals surface area contributed by atoms with Crippen molar-refractivity contribution in [1.29, 1.82) is 0 Å². The van der Waals surface area contributed by atoms with Gasteiger partial charge in [-0.1, -0.05) is 23.7 Å². The number of carbonyl (C=O) groups excluding carboxylic acids is 2. The average molecular weight is 299 g/mol. The Morgan fingerprint density at radius 3 is 2.33 bits per heavy atom. The van der Waals surface area contributed by atoms with Gasteiger partial charge in [-0.05, 0) is 54.3 Å². The summed E-state index contributed by atoms with van der Waals surface area (Å²) < 4.78 is 0. The number of isocyanates is 2. The number of hydrogen-bond donors (Lipinski definition) is 0. The number of rotatable bonds is 4. The van der Waals surface area contributed by atoms with Gasteiger partial charge in [0.25, 0.3) is 0 Å². The highest BCUT2D eigenvalue weighted by molar-refractivity contribution is 6.30. The predicted molar refractivity (Wildman–Crippen MR) is 81.0 cm³/mol. The molecule has 0 amide bonds. The van der Waals surface area contributed by atoms with E-state index >= 15 is 0 Å². The van der Waals surface area contributed by atoms with Gasteiger partial charge in [0, 0.05) is 5.02 Å². The number of nitrogens with zero attached hydrogens (tertiary/aromatic N) is 2. The van der Waals surface area contributed by atoms with Gasteiger partial charge in [0.15, 0.2) is 0 Å². The second-order valence-corrected chi connectivity index (χ2v) is 4.89. The maximum atomic E-state index is 10.5. The normalized spacial score (nSPS) is 9.62. The summed E-state index contributed by atoms with van der Waals surface area (Å²) in [6, 6.07) is 10.8. The zero-order chi connectivity index (χ0) is 15.2. The number of aliphatic imine (C=N–C) groups is 2. The molecule has 4 nitrogen and oxygen atoms in total. The van der Waals surface area contributed by atoms with E-state index in [9.17, 15) is 9.59 Å². The fourth-order valence-corrected chi connectivity index (χ4v) is 2.16. The third-order valence-electron chi connectivity index (χ3n) is 3.12. The van der Waals surface area contributed by atoms with Gasteiger partial charge >= 0.3 is 0 Å². The van der Waals surface area contributed by atoms with Crippen molar-refractivity contribution in [2.45, 2.75) is 13.3 Å². The number of halogens is 1. The van der Waals surface area contributed by atoms with E-state index in [1.807, 2.05) is 31.2 Å². The van der Waals surface area contributed by atoms with Crippen molar-refractivity contribution >= 4 is 35.1 Å². The first-order valence-corrected chi connectivity index (χ1v) is 6.55. The molecule has 0 saturated heterocycles. The number of hydrogen-bond acceptors (Lipinski definition) is 4. The summed E-state index contributed by atoms with van der Waals surface area (Å²) >= 11 is 5.86. The van der Waals surface area contributed by atoms with Crippen molar-refractivity contribution in [3.63, 3.8) is 0 Å². The van der Waals surface area contributed by atoms with E-state index in [0.29, 0.717) is 22.8 Å². The van der Waals surface area contributed by atoms with Crippen LogP contribution in [-0.2, 0) is 16.0 Å². The van der Waals surface area contributed by atoms with E-state index in [1.54, 1.807) is 12.1 Å². The number of benzene rings is 2. The minimum absolute atomic E-state index is 0.411. The van der Waals surface area contributed by atoms with Crippen molar-refractivity contribution < 1.29 is 9.59 Å². The van der Waals surface area contributed by atoms with Crippen molar-refractivity contribution in [1.82, 2.24) is 0 Å². The summed E-state index contributed by atoms with van der Waals surface area (Å²) in [6.07, 6.45) is 3.62. The van der Waals surface area contributed by atoms with E-state index in [2.05, 4.69) is 9.98 Å². The Labute approximate surface area is 126 Å². The monoisotopic (exact) mass is 298 g/mol. The highest BCUT2D eigenvalue weighted by atomic mass is 35.5. The molecule has 2 aromatic carbocycles. The van der Waals surface area contributed by atoms with Crippen LogP contribution in [0.2, 0.25) is 5.02 Å². The Morgan fingerprint density at radius 1 is 1.05 bits per heavy atom. The van der Waals surface area contributed by atoms with Crippen LogP contribution in [-0.4, -0.2) is 12.2 Å². The second kappa shape index (κ2) is 6.78. The van der Waals surface area contributed by atoms with Gasteiger partial charge < -0.3 is 0 Å². The molecule has 5 heteroatoms. The second-order valence-electron chi connectivity index (χ2n) is 4.46. The third-order valence-corrected chi connectivity index (χ3v) is 3.37. The zero-order valence-electron chi connectivity index (χ0n) is 11.3. The van der Waals surface area contributed by atoms with Crippen LogP contribution in [0.15, 0.2) is 46.4 Å². The van der Waals surface area contributed by atoms with Gasteiger partial charge in [-0.15, -0.1) is 0 Å². The molecule has 0 spiro atoms. The molecule has 2 rings (SSSR count). The molecule has 0 saturated carbocycles. The van der Waals surface area contributed by atoms with Gasteiger partial charge in [0.1, 0.15) is 0 Å². The standard InChI is InChI=1S/C16H11ClN2O2/c1-11-13(6-12-2-4-14(17)5-3-12)7-15(18-9-20)8-16(11)19-10-21/h2-5,7-8H,6H2,1H3. The third kappa shape index (κ3) is 3.74. The summed E-state index contributed by atoms with van der Waals surface area (Å²) in [6.45, 7) is 1.86. The van der Waals surface area contributed by atoms with E-state index in [1.165, 1.54) is 12.2 Å². The first kappa shape index (κ1) is 14.9. The van der Waals surface area contributed by atoms with Crippen LogP contribution in [0.3, 0.4) is 0 Å². The summed E-state index contributed by atoms with van der Waals surface area (Å²) in [5, 5.41) is 0.668. The van der Waals surface area contributed by atoms with Crippen LogP contribution in [0.4, 0.5) is 11.4 Å². The van der Waals surface area contributed by atoms with Crippen LogP contribution in [0, 0.1) is 6.92 Å². The first-order chi connectivity index (χ1) is 10.1. The molecule has 0 radical (unpaired) electrons. The van der Waals surface area contributed by atoms with Gasteiger partial charge in [0.2, 0.25) is 12.2 Å². The minimum Gasteiger partial charge on any atom is -0.211 e. The van der Waals surface area contributed by atoms with Crippen molar-refractivity contribution in [3.05, 3.63) is 58.1 Å². The molecule has 0 aliphatic heterocycles. The lowest BCUT2D eigenvalue weighted by Gasteiger charge is -2.09. The van der Waals surface area contributed by atoms with Crippen LogP contribution >= 0.6 is 11.6 Å². The Balaban J connectivity index is 2.48. The molecular formula is C16H11ClN2O2. The summed E-state index contributed by atoms with van der Waals surface area (Å²) in [7, 11) is 0. The average Bonchev–Trinajstić information content (AvgIpc) is 2.47. The molecule has 2 aromatic rings. The largest absolute Gasteiger partial charge is 0.240 e. The molecule has 0 bridgehead atoms. The predicted octanol–water partition coefficient (Wildman–Crippen LogP) is 4.17. The fraction of sp³-hybridized carbons (Fsp3) is 0.125. The van der Waals surface area contributed by atoms with E-state index in [4.69, 9.17) is 11.6 Å². The Bertz CT molecular complexity index is 757. The molecule has 0 aromatic heterocycles. The van der Waals surface area contributed by atoms with Gasteiger partial charge in [-0.25, -0.2) is 9.59 Å². The molecule has 0 aliphatic carbocycles. The Morgan fingerprint density at radius 2 is 1.71 bits per heavy atom. The fourth-order valence-electron chi connectivity index (χ4n) is 2.03. The molecule has 0 heterocycles. The van der Waals surface area contributed by atoms with Crippen molar-refractivity contribution in [2.75, 3.05) is 0 Å². The Hall–Kier alpha value is -2.51. The highest BCUT2D eigenvalue weighted by Crippen LogP contribution is 2.30. The lowest BCUT2D eigenvalue weighted by Crippen LogP contribution is -1.92. The lowest BCUT2D eigenvalue weighted by atomic mass is 9.98. The highest BCUT2D eigenvalue weighted by Gasteiger charge is 2.08. The lowest BCUT2D eigenvalue weighted by molar-refractivity contribution is 0.565. The van der Waals surface area contributed by atoms with Crippen molar-refractivity contribution in [2.24, 2.45) is 9.98 Å². The first-order valence-electron chi connectivity index (χ1n) is 6.17. The van der Waals surface area contributed by atoms with Crippen molar-refractivity contribution in [3.8, 4) is 0 Å². The topological polar surface area (TPSA) is 58.9 Å². The summed E-state index contributed by atoms with van der Waals surface area (Å²) in [5.41, 5.74) is 3.68. The minimum atomic E-state index is 0.411. The van der Waals surface area contributed by atoms with Crippen LogP contribution in [0.1, 0.15) is 16.7 Å². The SMILES string of the molecule is Cc1c(Cc2ccc(Cl)cc2)cc(N=C=O)cc1N=C=O. The quantitative estimate of drug-likeness (QED) is 0.628. The molecule has 0 N–H and O–H groups in total. The summed E-state index contributed by atoms with van der Waals surface area (Å²) in [4.78, 5) is 28.1. The van der Waals surface area contributed by atoms with Crippen LogP contribution in [0.5, 0.6) is 0 Å². The smallest absolute Gasteiger partial charge is 0.211 e. The molecule has 0 aliphatic rings. The molecule has 0 unspecified atom stereocenters. The Kier molecular flexibility index (Phi) is 4.81. The molecule has 0 fully saturated rings.